The van der Waals surface area contributed by atoms with Crippen molar-refractivity contribution >= 4 is 40.6 Å². The minimum absolute atomic E-state index is 0.0175. The van der Waals surface area contributed by atoms with Gasteiger partial charge in [-0.25, -0.2) is 28.0 Å². The third-order valence-corrected chi connectivity index (χ3v) is 8.78. The van der Waals surface area contributed by atoms with Gasteiger partial charge in [0.2, 0.25) is 0 Å². The summed E-state index contributed by atoms with van der Waals surface area (Å²) in [7, 11) is 0. The number of carbonyl (C=O) groups excluding carboxylic acids is 5. The van der Waals surface area contributed by atoms with Crippen molar-refractivity contribution in [2.45, 2.75) is 82.8 Å². The third-order valence-electron chi connectivity index (χ3n) is 8.78. The maximum absolute atomic E-state index is 14.4. The number of para-hydroxylation sites is 1. The number of aromatic amines is 1. The monoisotopic (exact) mass is 635 g/mol. The highest BCUT2D eigenvalue weighted by Crippen LogP contribution is 2.33. The highest BCUT2D eigenvalue weighted by molar-refractivity contribution is 5.98. The second kappa shape index (κ2) is 16.0. The number of rotatable bonds is 14. The fourth-order valence-corrected chi connectivity index (χ4v) is 6.30. The Labute approximate surface area is 265 Å². The number of hydrogen-bond donors (Lipinski definition) is 5. The lowest BCUT2D eigenvalue weighted by Crippen LogP contribution is -2.49. The maximum Gasteiger partial charge on any atom is 0.268 e. The molecule has 0 radical (unpaired) electrons. The Morgan fingerprint density at radius 1 is 0.978 bits per heavy atom. The molecule has 5 N–H and O–H groups in total. The summed E-state index contributed by atoms with van der Waals surface area (Å²) in [6, 6.07) is 6.51. The smallest absolute Gasteiger partial charge is 0.268 e. The largest absolute Gasteiger partial charge is 0.379 e. The Kier molecular flexibility index (Phi) is 11.9. The van der Waals surface area contributed by atoms with Crippen LogP contribution in [-0.2, 0) is 19.2 Å². The van der Waals surface area contributed by atoms with Crippen LogP contribution in [0.4, 0.5) is 8.78 Å². The number of fused-ring (bicyclic) bond motifs is 1. The molecule has 3 unspecified atom stereocenters. The first-order chi connectivity index (χ1) is 22.2. The van der Waals surface area contributed by atoms with E-state index in [0.29, 0.717) is 25.1 Å². The molecule has 1 aromatic carbocycles. The number of amides is 1. The van der Waals surface area contributed by atoms with E-state index in [2.05, 4.69) is 26.3 Å². The minimum Gasteiger partial charge on any atom is -0.379 e. The van der Waals surface area contributed by atoms with Gasteiger partial charge in [-0.05, 0) is 62.5 Å². The fourth-order valence-electron chi connectivity index (χ4n) is 6.30. The summed E-state index contributed by atoms with van der Waals surface area (Å²) < 4.78 is 28.4. The number of alkyl halides is 2. The standard InChI is InChI=1S/C34H39F2N5O5/c1-20(2)33(41-34(46)29-16-22-5-3-4-6-27(22)39-29)32(19-45)40-28(14-21-7-8-25(35)26(36)13-21)31(18-44)38-24(10-12-42)15-23-9-11-37-30(23)17-43/h3-6,10,16,20-21,23-26,28,33,37-40H,7-9,11,13-15H2,1-2H3,(H,41,46)/t21?,23-,24+,25?,26?,28-,33-/m0/s1. The molecular formula is C34H39F2N5O5. The van der Waals surface area contributed by atoms with Crippen LogP contribution >= 0.6 is 0 Å². The lowest BCUT2D eigenvalue weighted by Gasteiger charge is -2.33. The van der Waals surface area contributed by atoms with E-state index in [1.54, 1.807) is 25.9 Å². The Bertz CT molecular complexity index is 1560. The maximum atomic E-state index is 14.4. The normalized spacial score (nSPS) is 22.7. The van der Waals surface area contributed by atoms with Crippen molar-refractivity contribution in [1.82, 2.24) is 26.3 Å². The fraction of sp³-hybridized carbons (Fsp3) is 0.500. The Hall–Kier alpha value is -4.71. The van der Waals surface area contributed by atoms with E-state index in [0.717, 1.165) is 10.9 Å². The average Bonchev–Trinajstić information content (AvgIpc) is 3.69. The van der Waals surface area contributed by atoms with E-state index in [1.165, 1.54) is 6.08 Å². The summed E-state index contributed by atoms with van der Waals surface area (Å²) in [5, 5.41) is 12.7. The van der Waals surface area contributed by atoms with Gasteiger partial charge in [0.1, 0.15) is 53.2 Å². The summed E-state index contributed by atoms with van der Waals surface area (Å²) in [4.78, 5) is 64.0. The van der Waals surface area contributed by atoms with E-state index < -0.39 is 36.4 Å². The molecule has 1 saturated carbocycles. The molecule has 1 aromatic heterocycles. The molecule has 244 valence electrons. The number of halogens is 2. The molecule has 7 atom stereocenters. The van der Waals surface area contributed by atoms with E-state index in [-0.39, 0.29) is 60.5 Å². The molecule has 10 nitrogen and oxygen atoms in total. The van der Waals surface area contributed by atoms with E-state index in [9.17, 15) is 32.8 Å². The van der Waals surface area contributed by atoms with E-state index in [1.807, 2.05) is 42.1 Å². The number of nitrogens with one attached hydrogen (secondary N) is 5. The summed E-state index contributed by atoms with van der Waals surface area (Å²) in [6.07, 6.45) is -0.742. The van der Waals surface area contributed by atoms with Crippen LogP contribution in [0.5, 0.6) is 0 Å². The molecule has 0 spiro atoms. The molecule has 2 fully saturated rings. The summed E-state index contributed by atoms with van der Waals surface area (Å²) in [5.41, 5.74) is 1.31. The SMILES string of the molecule is CC(C)[C@H](NC(=O)c1cc2ccccc2[nH]1)C(=C=O)N[C@@H](CC1CCC(F)C(F)C1)C(=C=O)N[C@H](C=C=O)C[C@@H]1CCNC1=C=O. The van der Waals surface area contributed by atoms with Gasteiger partial charge in [-0.3, -0.25) is 4.79 Å². The van der Waals surface area contributed by atoms with Gasteiger partial charge >= 0.3 is 0 Å². The second-order valence-electron chi connectivity index (χ2n) is 12.3. The molecule has 2 aromatic rings. The van der Waals surface area contributed by atoms with Crippen LogP contribution in [-0.4, -0.2) is 71.7 Å². The zero-order valence-corrected chi connectivity index (χ0v) is 25.8. The quantitative estimate of drug-likeness (QED) is 0.199. The van der Waals surface area contributed by atoms with Gasteiger partial charge in [-0.2, -0.15) is 0 Å². The van der Waals surface area contributed by atoms with Gasteiger partial charge in [0.15, 0.2) is 0 Å². The molecule has 4 rings (SSSR count). The molecule has 1 aliphatic carbocycles. The lowest BCUT2D eigenvalue weighted by molar-refractivity contribution is 0.0843. The third kappa shape index (κ3) is 8.51. The topological polar surface area (TPSA) is 149 Å². The first-order valence-electron chi connectivity index (χ1n) is 15.6. The molecular weight excluding hydrogens is 596 g/mol. The molecule has 46 heavy (non-hydrogen) atoms. The van der Waals surface area contributed by atoms with Crippen LogP contribution in [0.25, 0.3) is 10.9 Å². The molecule has 2 aliphatic rings. The lowest BCUT2D eigenvalue weighted by atomic mass is 9.82. The van der Waals surface area contributed by atoms with Crippen LogP contribution < -0.4 is 21.3 Å². The second-order valence-corrected chi connectivity index (χ2v) is 12.3. The van der Waals surface area contributed by atoms with E-state index >= 15 is 0 Å². The number of aromatic nitrogens is 1. The number of benzene rings is 1. The summed E-state index contributed by atoms with van der Waals surface area (Å²) in [6.45, 7) is 4.16. The van der Waals surface area contributed by atoms with Gasteiger partial charge < -0.3 is 26.3 Å². The highest BCUT2D eigenvalue weighted by atomic mass is 19.2. The van der Waals surface area contributed by atoms with E-state index in [4.69, 9.17) is 0 Å². The van der Waals surface area contributed by atoms with Crippen molar-refractivity contribution in [2.24, 2.45) is 17.8 Å². The van der Waals surface area contributed by atoms with Crippen LogP contribution in [0, 0.1) is 17.8 Å². The minimum atomic E-state index is -1.66. The zero-order chi connectivity index (χ0) is 33.2. The van der Waals surface area contributed by atoms with Crippen LogP contribution in [0.3, 0.4) is 0 Å². The average molecular weight is 636 g/mol. The molecule has 2 heterocycles. The van der Waals surface area contributed by atoms with Gasteiger partial charge in [-0.15, -0.1) is 0 Å². The van der Waals surface area contributed by atoms with Crippen molar-refractivity contribution in [3.8, 4) is 0 Å². The zero-order valence-electron chi connectivity index (χ0n) is 25.8. The molecule has 1 aliphatic heterocycles. The Morgan fingerprint density at radius 3 is 2.39 bits per heavy atom. The van der Waals surface area contributed by atoms with Gasteiger partial charge in [0.05, 0.1) is 23.8 Å². The first-order valence-corrected chi connectivity index (χ1v) is 15.6. The van der Waals surface area contributed by atoms with Crippen molar-refractivity contribution in [1.29, 1.82) is 0 Å². The number of hydrogen-bond acceptors (Lipinski definition) is 8. The van der Waals surface area contributed by atoms with Gasteiger partial charge in [0, 0.05) is 29.4 Å². The van der Waals surface area contributed by atoms with Gasteiger partial charge in [0.25, 0.3) is 5.91 Å². The summed E-state index contributed by atoms with van der Waals surface area (Å²) in [5.74, 6) is 5.99. The molecule has 0 bridgehead atoms. The van der Waals surface area contributed by atoms with Crippen molar-refractivity contribution in [3.63, 3.8) is 0 Å². The highest BCUT2D eigenvalue weighted by Gasteiger charge is 2.35. The van der Waals surface area contributed by atoms with Crippen LogP contribution in [0.1, 0.15) is 62.9 Å². The Balaban J connectivity index is 1.59. The number of allylic oxidation sites excluding steroid dienone is 1. The Morgan fingerprint density at radius 2 is 1.74 bits per heavy atom. The van der Waals surface area contributed by atoms with Crippen molar-refractivity contribution < 1.29 is 32.8 Å². The molecule has 12 heteroatoms. The predicted molar refractivity (Wildman–Crippen MR) is 169 cm³/mol. The van der Waals surface area contributed by atoms with Crippen molar-refractivity contribution in [2.75, 3.05) is 6.54 Å². The molecule has 1 saturated heterocycles. The summed E-state index contributed by atoms with van der Waals surface area (Å²) >= 11 is 0. The van der Waals surface area contributed by atoms with Crippen molar-refractivity contribution in [3.05, 3.63) is 59.2 Å². The molecule has 1 amide bonds. The number of carbonyl (C=O) groups is 1. The first kappa shape index (κ1) is 34.2. The van der Waals surface area contributed by atoms with Gasteiger partial charge in [-0.1, -0.05) is 32.0 Å². The van der Waals surface area contributed by atoms with Crippen LogP contribution in [0.2, 0.25) is 0 Å². The predicted octanol–water partition coefficient (Wildman–Crippen LogP) is 3.24. The van der Waals surface area contributed by atoms with Crippen LogP contribution in [0.15, 0.2) is 53.5 Å². The number of H-pyrrole nitrogens is 1.